The van der Waals surface area contributed by atoms with Crippen LogP contribution in [0.2, 0.25) is 0 Å². The predicted molar refractivity (Wildman–Crippen MR) is 66.1 cm³/mol. The van der Waals surface area contributed by atoms with Crippen molar-refractivity contribution >= 4 is 17.5 Å². The number of nitrogens with two attached hydrogens (primary N) is 1. The van der Waals surface area contributed by atoms with E-state index in [4.69, 9.17) is 10.8 Å². The van der Waals surface area contributed by atoms with Crippen molar-refractivity contribution in [3.63, 3.8) is 0 Å². The Balaban J connectivity index is 2.19. The van der Waals surface area contributed by atoms with Gasteiger partial charge in [-0.1, -0.05) is 0 Å². The van der Waals surface area contributed by atoms with Crippen LogP contribution in [0, 0.1) is 0 Å². The first kappa shape index (κ1) is 11.9. The van der Waals surface area contributed by atoms with Crippen LogP contribution >= 0.6 is 0 Å². The molecule has 4 N–H and O–H groups in total. The van der Waals surface area contributed by atoms with Crippen LogP contribution in [0.3, 0.4) is 0 Å². The van der Waals surface area contributed by atoms with E-state index in [1.54, 1.807) is 10.9 Å². The third kappa shape index (κ3) is 2.40. The van der Waals surface area contributed by atoms with Crippen molar-refractivity contribution < 1.29 is 9.90 Å². The molecule has 0 radical (unpaired) electrons. The summed E-state index contributed by atoms with van der Waals surface area (Å²) in [5.41, 5.74) is 6.80. The molecule has 0 fully saturated rings. The van der Waals surface area contributed by atoms with Crippen molar-refractivity contribution in [1.82, 2.24) is 14.8 Å². The first-order chi connectivity index (χ1) is 8.58. The highest BCUT2D eigenvalue weighted by molar-refractivity contribution is 5.94. The summed E-state index contributed by atoms with van der Waals surface area (Å²) in [5.74, 6) is -0.778. The lowest BCUT2D eigenvalue weighted by Crippen LogP contribution is -2.11. The van der Waals surface area contributed by atoms with Crippen molar-refractivity contribution in [3.8, 4) is 0 Å². The molecule has 0 aliphatic heterocycles. The van der Waals surface area contributed by atoms with Crippen LogP contribution in [0.1, 0.15) is 16.1 Å². The van der Waals surface area contributed by atoms with E-state index in [-0.39, 0.29) is 11.4 Å². The van der Waals surface area contributed by atoms with E-state index < -0.39 is 5.97 Å². The van der Waals surface area contributed by atoms with Crippen molar-refractivity contribution in [3.05, 3.63) is 35.8 Å². The normalized spacial score (nSPS) is 10.3. The molecule has 18 heavy (non-hydrogen) atoms. The van der Waals surface area contributed by atoms with Gasteiger partial charge in [-0.15, -0.1) is 0 Å². The van der Waals surface area contributed by atoms with Crippen LogP contribution in [0.25, 0.3) is 0 Å². The van der Waals surface area contributed by atoms with Crippen LogP contribution in [-0.4, -0.2) is 25.8 Å². The second-order valence-corrected chi connectivity index (χ2v) is 3.77. The molecule has 2 aromatic rings. The second-order valence-electron chi connectivity index (χ2n) is 3.77. The summed E-state index contributed by atoms with van der Waals surface area (Å²) in [6.07, 6.45) is 3.09. The van der Waals surface area contributed by atoms with Crippen molar-refractivity contribution in [2.24, 2.45) is 7.05 Å². The molecule has 7 nitrogen and oxygen atoms in total. The fraction of sp³-hybridized carbons (Fsp3) is 0.182. The van der Waals surface area contributed by atoms with Gasteiger partial charge in [0.05, 0.1) is 24.1 Å². The van der Waals surface area contributed by atoms with E-state index in [9.17, 15) is 4.79 Å². The Kier molecular flexibility index (Phi) is 3.13. The van der Waals surface area contributed by atoms with E-state index in [1.807, 2.05) is 13.1 Å². The van der Waals surface area contributed by atoms with Gasteiger partial charge >= 0.3 is 5.97 Å². The van der Waals surface area contributed by atoms with Gasteiger partial charge in [-0.2, -0.15) is 5.10 Å². The zero-order valence-electron chi connectivity index (χ0n) is 9.79. The summed E-state index contributed by atoms with van der Waals surface area (Å²) >= 11 is 0. The number of aromatic nitrogens is 3. The number of hydrogen-bond donors (Lipinski definition) is 3. The van der Waals surface area contributed by atoms with Gasteiger partial charge < -0.3 is 16.2 Å². The molecule has 0 saturated heterocycles. The Hall–Kier alpha value is -2.57. The zero-order valence-corrected chi connectivity index (χ0v) is 9.79. The van der Waals surface area contributed by atoms with E-state index >= 15 is 0 Å². The van der Waals surface area contributed by atoms with Gasteiger partial charge in [-0.3, -0.25) is 4.68 Å². The Bertz CT molecular complexity index is 579. The summed E-state index contributed by atoms with van der Waals surface area (Å²) in [7, 11) is 1.81. The number of aryl methyl sites for hydroxylation is 1. The molecule has 2 aromatic heterocycles. The number of nitrogens with zero attached hydrogens (tertiary/aromatic N) is 3. The van der Waals surface area contributed by atoms with Gasteiger partial charge in [0.25, 0.3) is 0 Å². The highest BCUT2D eigenvalue weighted by Crippen LogP contribution is 2.16. The fourth-order valence-corrected chi connectivity index (χ4v) is 1.53. The van der Waals surface area contributed by atoms with Crippen molar-refractivity contribution in [1.29, 1.82) is 0 Å². The molecule has 7 heteroatoms. The van der Waals surface area contributed by atoms with E-state index in [1.165, 1.54) is 12.3 Å². The van der Waals surface area contributed by atoms with Gasteiger partial charge in [0, 0.05) is 13.2 Å². The maximum absolute atomic E-state index is 11.0. The Morgan fingerprint density at radius 3 is 3.00 bits per heavy atom. The summed E-state index contributed by atoms with van der Waals surface area (Å²) in [6, 6.07) is 3.21. The Morgan fingerprint density at radius 2 is 2.39 bits per heavy atom. The number of pyridine rings is 1. The van der Waals surface area contributed by atoms with Crippen LogP contribution in [0.5, 0.6) is 0 Å². The summed E-state index contributed by atoms with van der Waals surface area (Å²) in [4.78, 5) is 15.0. The van der Waals surface area contributed by atoms with E-state index in [0.717, 1.165) is 5.69 Å². The van der Waals surface area contributed by atoms with Gasteiger partial charge in [0.15, 0.2) is 0 Å². The average molecular weight is 247 g/mol. The molecule has 0 aromatic carbocycles. The fourth-order valence-electron chi connectivity index (χ4n) is 1.53. The van der Waals surface area contributed by atoms with Crippen LogP contribution in [0.15, 0.2) is 24.5 Å². The summed E-state index contributed by atoms with van der Waals surface area (Å²) in [6.45, 7) is 0.438. The number of anilines is 2. The third-order valence-electron chi connectivity index (χ3n) is 2.50. The quantitative estimate of drug-likeness (QED) is 0.734. The Morgan fingerprint density at radius 1 is 1.61 bits per heavy atom. The van der Waals surface area contributed by atoms with Gasteiger partial charge in [0.1, 0.15) is 11.4 Å². The number of rotatable bonds is 4. The number of aromatic carboxylic acids is 1. The molecule has 0 bridgehead atoms. The van der Waals surface area contributed by atoms with Crippen LogP contribution < -0.4 is 11.1 Å². The molecule has 2 heterocycles. The number of carbonyl (C=O) groups is 1. The van der Waals surface area contributed by atoms with Crippen molar-refractivity contribution in [2.75, 3.05) is 11.1 Å². The van der Waals surface area contributed by atoms with Crippen molar-refractivity contribution in [2.45, 2.75) is 6.54 Å². The lowest BCUT2D eigenvalue weighted by molar-refractivity contribution is 0.0697. The average Bonchev–Trinajstić information content (AvgIpc) is 2.73. The molecule has 0 unspecified atom stereocenters. The minimum absolute atomic E-state index is 0.0529. The first-order valence-electron chi connectivity index (χ1n) is 5.27. The summed E-state index contributed by atoms with van der Waals surface area (Å²) < 4.78 is 1.70. The molecule has 2 rings (SSSR count). The topological polar surface area (TPSA) is 106 Å². The molecule has 94 valence electrons. The SMILES string of the molecule is Cn1nccc1CNc1ncc(N)cc1C(=O)O. The molecular weight excluding hydrogens is 234 g/mol. The highest BCUT2D eigenvalue weighted by Gasteiger charge is 2.12. The third-order valence-corrected chi connectivity index (χ3v) is 2.50. The molecule has 0 atom stereocenters. The first-order valence-corrected chi connectivity index (χ1v) is 5.27. The van der Waals surface area contributed by atoms with E-state index in [0.29, 0.717) is 12.2 Å². The lowest BCUT2D eigenvalue weighted by atomic mass is 10.2. The van der Waals surface area contributed by atoms with Crippen LogP contribution in [0.4, 0.5) is 11.5 Å². The largest absolute Gasteiger partial charge is 0.478 e. The molecule has 0 amide bonds. The minimum Gasteiger partial charge on any atom is -0.478 e. The zero-order chi connectivity index (χ0) is 13.1. The van der Waals surface area contributed by atoms with Gasteiger partial charge in [-0.05, 0) is 12.1 Å². The van der Waals surface area contributed by atoms with E-state index in [2.05, 4.69) is 15.4 Å². The lowest BCUT2D eigenvalue weighted by Gasteiger charge is -2.09. The predicted octanol–water partition coefficient (Wildman–Crippen LogP) is 0.708. The molecule has 0 aliphatic carbocycles. The number of carboxylic acids is 1. The minimum atomic E-state index is -1.07. The molecule has 0 saturated carbocycles. The maximum atomic E-state index is 11.0. The van der Waals surface area contributed by atoms with Gasteiger partial charge in [0.2, 0.25) is 0 Å². The molecule has 0 aliphatic rings. The van der Waals surface area contributed by atoms with Gasteiger partial charge in [-0.25, -0.2) is 9.78 Å². The number of hydrogen-bond acceptors (Lipinski definition) is 5. The number of nitrogens with one attached hydrogen (secondary N) is 1. The summed E-state index contributed by atoms with van der Waals surface area (Å²) in [5, 5.41) is 16.0. The number of carboxylic acid groups (broad SMARTS) is 1. The molecular formula is C11H13N5O2. The number of nitrogen functional groups attached to an aromatic ring is 1. The maximum Gasteiger partial charge on any atom is 0.339 e. The Labute approximate surface area is 103 Å². The molecule has 0 spiro atoms. The highest BCUT2D eigenvalue weighted by atomic mass is 16.4. The standard InChI is InChI=1S/C11H13N5O2/c1-16-8(2-3-15-16)6-14-10-9(11(17)18)4-7(12)5-13-10/h2-5H,6,12H2,1H3,(H,13,14)(H,17,18). The van der Waals surface area contributed by atoms with Crippen LogP contribution in [-0.2, 0) is 13.6 Å². The second kappa shape index (κ2) is 4.74. The monoisotopic (exact) mass is 247 g/mol. The smallest absolute Gasteiger partial charge is 0.339 e.